The quantitative estimate of drug-likeness (QED) is 0.738. The van der Waals surface area contributed by atoms with Crippen molar-refractivity contribution in [3.8, 4) is 0 Å². The highest BCUT2D eigenvalue weighted by molar-refractivity contribution is 5.68. The number of halogens is 2. The Labute approximate surface area is 112 Å². The molecule has 0 aromatic heterocycles. The number of hydrogen-bond donors (Lipinski definition) is 1. The number of alkyl halides is 2. The maximum atomic E-state index is 13.8. The van der Waals surface area contributed by atoms with E-state index in [0.29, 0.717) is 19.6 Å². The zero-order valence-electron chi connectivity index (χ0n) is 11.7. The van der Waals surface area contributed by atoms with E-state index < -0.39 is 23.7 Å². The summed E-state index contributed by atoms with van der Waals surface area (Å²) in [6.07, 6.45) is -0.921. The lowest BCUT2D eigenvalue weighted by atomic mass is 9.97. The Bertz CT molecular complexity index is 355. The molecule has 0 aliphatic carbocycles. The van der Waals surface area contributed by atoms with Gasteiger partial charge in [-0.15, -0.1) is 0 Å². The summed E-state index contributed by atoms with van der Waals surface area (Å²) >= 11 is 0. The van der Waals surface area contributed by atoms with E-state index in [2.05, 4.69) is 5.32 Å². The van der Waals surface area contributed by atoms with Crippen LogP contribution in [-0.4, -0.2) is 48.2 Å². The second kappa shape index (κ2) is 4.89. The Hall–Kier alpha value is -0.910. The number of nitrogens with one attached hydrogen (secondary N) is 1. The van der Waals surface area contributed by atoms with Crippen LogP contribution in [0.3, 0.4) is 0 Å². The molecule has 2 rings (SSSR count). The highest BCUT2D eigenvalue weighted by atomic mass is 19.3. The van der Waals surface area contributed by atoms with Crippen molar-refractivity contribution in [2.24, 2.45) is 5.92 Å². The van der Waals surface area contributed by atoms with Gasteiger partial charge in [-0.3, -0.25) is 0 Å². The fourth-order valence-corrected chi connectivity index (χ4v) is 2.77. The standard InChI is InChI=1S/C13H22F2N2O2/c1-12(2,3)19-11(18)17-8-9-4-13(14,15)5-10(17)7-16-6-9/h9-10,16H,4-8H2,1-3H3. The van der Waals surface area contributed by atoms with Crippen LogP contribution in [0.4, 0.5) is 13.6 Å². The summed E-state index contributed by atoms with van der Waals surface area (Å²) in [5.74, 6) is -2.90. The van der Waals surface area contributed by atoms with E-state index in [1.54, 1.807) is 20.8 Å². The van der Waals surface area contributed by atoms with Gasteiger partial charge in [-0.2, -0.15) is 0 Å². The van der Waals surface area contributed by atoms with Gasteiger partial charge in [0.2, 0.25) is 0 Å². The molecule has 2 aliphatic heterocycles. The first-order valence-electron chi connectivity index (χ1n) is 6.74. The van der Waals surface area contributed by atoms with Gasteiger partial charge >= 0.3 is 6.09 Å². The zero-order chi connectivity index (χ0) is 14.3. The van der Waals surface area contributed by atoms with Crippen molar-refractivity contribution in [1.82, 2.24) is 10.2 Å². The van der Waals surface area contributed by atoms with Crippen molar-refractivity contribution in [3.05, 3.63) is 0 Å². The average molecular weight is 276 g/mol. The van der Waals surface area contributed by atoms with Crippen molar-refractivity contribution in [2.75, 3.05) is 19.6 Å². The van der Waals surface area contributed by atoms with E-state index in [1.165, 1.54) is 4.90 Å². The molecule has 2 bridgehead atoms. The van der Waals surface area contributed by atoms with Gasteiger partial charge in [0, 0.05) is 25.9 Å². The fraction of sp³-hybridized carbons (Fsp3) is 0.923. The van der Waals surface area contributed by atoms with Crippen molar-refractivity contribution in [2.45, 2.75) is 51.2 Å². The van der Waals surface area contributed by atoms with Crippen LogP contribution >= 0.6 is 0 Å². The minimum atomic E-state index is -2.69. The highest BCUT2D eigenvalue weighted by Crippen LogP contribution is 2.35. The Morgan fingerprint density at radius 3 is 2.63 bits per heavy atom. The molecule has 2 aliphatic rings. The summed E-state index contributed by atoms with van der Waals surface area (Å²) in [7, 11) is 0. The number of carbonyl (C=O) groups excluding carboxylic acids is 1. The lowest BCUT2D eigenvalue weighted by Crippen LogP contribution is -2.47. The molecule has 6 heteroatoms. The number of ether oxygens (including phenoxy) is 1. The molecule has 1 N–H and O–H groups in total. The van der Waals surface area contributed by atoms with Gasteiger partial charge in [-0.05, 0) is 33.2 Å². The van der Waals surface area contributed by atoms with Gasteiger partial charge in [0.05, 0.1) is 6.04 Å². The topological polar surface area (TPSA) is 41.6 Å². The second-order valence-corrected chi connectivity index (χ2v) is 6.58. The van der Waals surface area contributed by atoms with Gasteiger partial charge in [0.1, 0.15) is 5.60 Å². The van der Waals surface area contributed by atoms with Crippen molar-refractivity contribution in [1.29, 1.82) is 0 Å². The van der Waals surface area contributed by atoms with E-state index in [9.17, 15) is 13.6 Å². The first kappa shape index (κ1) is 14.5. The van der Waals surface area contributed by atoms with Crippen molar-refractivity contribution >= 4 is 6.09 Å². The summed E-state index contributed by atoms with van der Waals surface area (Å²) in [4.78, 5) is 13.6. The van der Waals surface area contributed by atoms with Crippen molar-refractivity contribution in [3.63, 3.8) is 0 Å². The number of hydrogen-bond acceptors (Lipinski definition) is 3. The minimum Gasteiger partial charge on any atom is -0.444 e. The Morgan fingerprint density at radius 2 is 2.00 bits per heavy atom. The highest BCUT2D eigenvalue weighted by Gasteiger charge is 2.45. The molecule has 2 heterocycles. The molecule has 2 fully saturated rings. The third-order valence-corrected chi connectivity index (χ3v) is 3.46. The third kappa shape index (κ3) is 3.78. The zero-order valence-corrected chi connectivity index (χ0v) is 11.7. The van der Waals surface area contributed by atoms with Gasteiger partial charge in [0.25, 0.3) is 5.92 Å². The van der Waals surface area contributed by atoms with Crippen LogP contribution < -0.4 is 5.32 Å². The van der Waals surface area contributed by atoms with Crippen LogP contribution in [0.25, 0.3) is 0 Å². The first-order valence-corrected chi connectivity index (χ1v) is 6.74. The lowest BCUT2D eigenvalue weighted by Gasteiger charge is -2.32. The molecule has 0 spiro atoms. The molecular formula is C13H22F2N2O2. The summed E-state index contributed by atoms with van der Waals surface area (Å²) in [6.45, 7) is 6.63. The van der Waals surface area contributed by atoms with Gasteiger partial charge in [-0.25, -0.2) is 13.6 Å². The number of rotatable bonds is 0. The largest absolute Gasteiger partial charge is 0.444 e. The molecule has 0 aromatic carbocycles. The SMILES string of the molecule is CC(C)(C)OC(=O)N1CC2CNCC1CC(F)(F)C2. The molecule has 2 atom stereocenters. The maximum absolute atomic E-state index is 13.8. The van der Waals surface area contributed by atoms with Gasteiger partial charge in [-0.1, -0.05) is 0 Å². The number of fused-ring (bicyclic) bond motifs is 3. The molecule has 110 valence electrons. The first-order chi connectivity index (χ1) is 8.66. The van der Waals surface area contributed by atoms with Crippen LogP contribution in [0.15, 0.2) is 0 Å². The van der Waals surface area contributed by atoms with Gasteiger partial charge < -0.3 is 15.0 Å². The molecule has 1 amide bonds. The molecule has 0 aromatic rings. The maximum Gasteiger partial charge on any atom is 0.410 e. The van der Waals surface area contributed by atoms with E-state index in [4.69, 9.17) is 4.74 Å². The average Bonchev–Trinajstić information content (AvgIpc) is 2.42. The van der Waals surface area contributed by atoms with Crippen LogP contribution in [-0.2, 0) is 4.74 Å². The monoisotopic (exact) mass is 276 g/mol. The van der Waals surface area contributed by atoms with Crippen LogP contribution in [0.1, 0.15) is 33.6 Å². The minimum absolute atomic E-state index is 0.157. The summed E-state index contributed by atoms with van der Waals surface area (Å²) < 4.78 is 32.8. The molecule has 4 nitrogen and oxygen atoms in total. The van der Waals surface area contributed by atoms with Crippen LogP contribution in [0.2, 0.25) is 0 Å². The van der Waals surface area contributed by atoms with Crippen molar-refractivity contribution < 1.29 is 18.3 Å². The predicted molar refractivity (Wildman–Crippen MR) is 67.3 cm³/mol. The smallest absolute Gasteiger partial charge is 0.410 e. The molecule has 0 radical (unpaired) electrons. The number of carbonyl (C=O) groups is 1. The normalized spacial score (nSPS) is 30.7. The number of amides is 1. The Morgan fingerprint density at radius 1 is 1.32 bits per heavy atom. The van der Waals surface area contributed by atoms with E-state index in [0.717, 1.165) is 0 Å². The van der Waals surface area contributed by atoms with E-state index in [-0.39, 0.29) is 18.8 Å². The third-order valence-electron chi connectivity index (χ3n) is 3.46. The molecular weight excluding hydrogens is 254 g/mol. The lowest BCUT2D eigenvalue weighted by molar-refractivity contribution is -0.0370. The van der Waals surface area contributed by atoms with Crippen LogP contribution in [0.5, 0.6) is 0 Å². The Balaban J connectivity index is 2.15. The molecule has 2 unspecified atom stereocenters. The second-order valence-electron chi connectivity index (χ2n) is 6.58. The summed E-state index contributed by atoms with van der Waals surface area (Å²) in [6, 6.07) is -0.489. The summed E-state index contributed by atoms with van der Waals surface area (Å²) in [5.41, 5.74) is -0.604. The fourth-order valence-electron chi connectivity index (χ4n) is 2.77. The van der Waals surface area contributed by atoms with E-state index in [1.807, 2.05) is 0 Å². The number of nitrogens with zero attached hydrogens (tertiary/aromatic N) is 1. The van der Waals surface area contributed by atoms with E-state index >= 15 is 0 Å². The summed E-state index contributed by atoms with van der Waals surface area (Å²) in [5, 5.41) is 3.15. The molecule has 0 saturated carbocycles. The molecule has 2 saturated heterocycles. The predicted octanol–water partition coefficient (Wildman–Crippen LogP) is 2.24. The van der Waals surface area contributed by atoms with Gasteiger partial charge in [0.15, 0.2) is 0 Å². The van der Waals surface area contributed by atoms with Crippen LogP contribution in [0, 0.1) is 5.92 Å². The Kier molecular flexibility index (Phi) is 3.73. The molecule has 19 heavy (non-hydrogen) atoms.